The number of hydrogen-bond acceptors (Lipinski definition) is 6. The summed E-state index contributed by atoms with van der Waals surface area (Å²) in [5.41, 5.74) is 3.49. The summed E-state index contributed by atoms with van der Waals surface area (Å²) in [7, 11) is 1.81. The molecule has 2 saturated heterocycles. The van der Waals surface area contributed by atoms with Crippen molar-refractivity contribution < 1.29 is 0 Å². The molecule has 0 spiro atoms. The van der Waals surface area contributed by atoms with E-state index in [-0.39, 0.29) is 5.56 Å². The van der Waals surface area contributed by atoms with Crippen LogP contribution in [0, 0.1) is 0 Å². The summed E-state index contributed by atoms with van der Waals surface area (Å²) < 4.78 is 1.65. The predicted octanol–water partition coefficient (Wildman–Crippen LogP) is 2.25. The van der Waals surface area contributed by atoms with Gasteiger partial charge in [0.25, 0.3) is 0 Å². The van der Waals surface area contributed by atoms with Crippen LogP contribution in [0.5, 0.6) is 0 Å². The van der Waals surface area contributed by atoms with Crippen molar-refractivity contribution in [3.63, 3.8) is 0 Å². The van der Waals surface area contributed by atoms with Gasteiger partial charge in [-0.25, -0.2) is 9.97 Å². The number of pyridine rings is 1. The molecule has 2 fully saturated rings. The van der Waals surface area contributed by atoms with Crippen LogP contribution in [0.2, 0.25) is 0 Å². The van der Waals surface area contributed by atoms with E-state index in [1.807, 2.05) is 19.3 Å². The molecular formula is C23H28N6O. The molecule has 2 aliphatic rings. The van der Waals surface area contributed by atoms with E-state index in [2.05, 4.69) is 42.9 Å². The highest BCUT2D eigenvalue weighted by Crippen LogP contribution is 2.30. The molecule has 4 heterocycles. The van der Waals surface area contributed by atoms with Gasteiger partial charge in [-0.05, 0) is 36.6 Å². The van der Waals surface area contributed by atoms with Gasteiger partial charge in [-0.3, -0.25) is 9.69 Å². The Morgan fingerprint density at radius 3 is 2.47 bits per heavy atom. The van der Waals surface area contributed by atoms with Gasteiger partial charge in [0.1, 0.15) is 12.1 Å². The number of fused-ring (bicyclic) bond motifs is 1. The molecule has 7 heteroatoms. The van der Waals surface area contributed by atoms with Crippen molar-refractivity contribution in [2.45, 2.75) is 19.4 Å². The van der Waals surface area contributed by atoms with Gasteiger partial charge < -0.3 is 14.4 Å². The van der Waals surface area contributed by atoms with Gasteiger partial charge in [-0.15, -0.1) is 0 Å². The number of hydrogen-bond donors (Lipinski definition) is 0. The Labute approximate surface area is 176 Å². The van der Waals surface area contributed by atoms with Crippen LogP contribution in [0.1, 0.15) is 18.4 Å². The molecule has 0 radical (unpaired) electrons. The van der Waals surface area contributed by atoms with Crippen LogP contribution in [0.25, 0.3) is 10.9 Å². The summed E-state index contributed by atoms with van der Waals surface area (Å²) >= 11 is 0. The maximum atomic E-state index is 11.6. The van der Waals surface area contributed by atoms with Crippen molar-refractivity contribution in [2.24, 2.45) is 7.05 Å². The van der Waals surface area contributed by atoms with E-state index in [0.29, 0.717) is 0 Å². The highest BCUT2D eigenvalue weighted by molar-refractivity contribution is 5.92. The van der Waals surface area contributed by atoms with Crippen LogP contribution in [-0.4, -0.2) is 58.7 Å². The standard InChI is InChI=1S/C23H28N6O/c1-26-15-18(4-7-22(26)30)16-27-10-12-28(13-11-27)19-5-6-21-20(14-19)23(25-17-24-21)29-8-2-3-9-29/h4-7,14-15,17H,2-3,8-13,16H2,1H3. The number of anilines is 2. The molecule has 1 aromatic carbocycles. The van der Waals surface area contributed by atoms with Gasteiger partial charge in [0.2, 0.25) is 5.56 Å². The molecule has 2 aliphatic heterocycles. The van der Waals surface area contributed by atoms with Gasteiger partial charge in [-0.2, -0.15) is 0 Å². The molecule has 0 saturated carbocycles. The maximum absolute atomic E-state index is 11.6. The van der Waals surface area contributed by atoms with Crippen LogP contribution >= 0.6 is 0 Å². The molecule has 0 aliphatic carbocycles. The quantitative estimate of drug-likeness (QED) is 0.665. The second-order valence-electron chi connectivity index (χ2n) is 8.34. The van der Waals surface area contributed by atoms with E-state index < -0.39 is 0 Å². The van der Waals surface area contributed by atoms with Gasteiger partial charge in [0.15, 0.2) is 0 Å². The molecule has 0 bridgehead atoms. The van der Waals surface area contributed by atoms with E-state index in [0.717, 1.165) is 62.5 Å². The molecule has 5 rings (SSSR count). The number of nitrogens with zero attached hydrogens (tertiary/aromatic N) is 6. The lowest BCUT2D eigenvalue weighted by molar-refractivity contribution is 0.249. The number of aryl methyl sites for hydroxylation is 1. The van der Waals surface area contributed by atoms with Gasteiger partial charge in [0, 0.05) is 76.2 Å². The Balaban J connectivity index is 1.30. The second kappa shape index (κ2) is 8.07. The van der Waals surface area contributed by atoms with Crippen molar-refractivity contribution in [1.82, 2.24) is 19.4 Å². The van der Waals surface area contributed by atoms with Crippen molar-refractivity contribution in [3.8, 4) is 0 Å². The summed E-state index contributed by atoms with van der Waals surface area (Å²) in [4.78, 5) is 28.0. The minimum atomic E-state index is 0.0390. The van der Waals surface area contributed by atoms with E-state index in [1.165, 1.54) is 24.1 Å². The monoisotopic (exact) mass is 404 g/mol. The fourth-order valence-electron chi connectivity index (χ4n) is 4.58. The summed E-state index contributed by atoms with van der Waals surface area (Å²) in [5.74, 6) is 1.08. The highest BCUT2D eigenvalue weighted by Gasteiger charge is 2.20. The van der Waals surface area contributed by atoms with Crippen molar-refractivity contribution >= 4 is 22.4 Å². The minimum Gasteiger partial charge on any atom is -0.369 e. The summed E-state index contributed by atoms with van der Waals surface area (Å²) in [6.45, 7) is 7.04. The smallest absolute Gasteiger partial charge is 0.250 e. The van der Waals surface area contributed by atoms with Crippen LogP contribution in [0.3, 0.4) is 0 Å². The van der Waals surface area contributed by atoms with Crippen LogP contribution in [0.15, 0.2) is 47.7 Å². The van der Waals surface area contributed by atoms with E-state index in [9.17, 15) is 4.79 Å². The van der Waals surface area contributed by atoms with Crippen molar-refractivity contribution in [2.75, 3.05) is 49.1 Å². The van der Waals surface area contributed by atoms with Crippen LogP contribution in [-0.2, 0) is 13.6 Å². The first kappa shape index (κ1) is 19.1. The summed E-state index contributed by atoms with van der Waals surface area (Å²) in [6.07, 6.45) is 6.11. The molecule has 156 valence electrons. The zero-order chi connectivity index (χ0) is 20.5. The average Bonchev–Trinajstić information content (AvgIpc) is 3.31. The van der Waals surface area contributed by atoms with Crippen molar-refractivity contribution in [1.29, 1.82) is 0 Å². The first-order valence-electron chi connectivity index (χ1n) is 10.8. The van der Waals surface area contributed by atoms with E-state index in [4.69, 9.17) is 0 Å². The Hall–Kier alpha value is -2.93. The number of rotatable bonds is 4. The summed E-state index contributed by atoms with van der Waals surface area (Å²) in [5, 5.41) is 1.16. The molecule has 0 atom stereocenters. The molecular weight excluding hydrogens is 376 g/mol. The third-order valence-electron chi connectivity index (χ3n) is 6.29. The summed E-state index contributed by atoms with van der Waals surface area (Å²) in [6, 6.07) is 10.2. The number of benzene rings is 1. The molecule has 3 aromatic rings. The fourth-order valence-corrected chi connectivity index (χ4v) is 4.58. The van der Waals surface area contributed by atoms with Crippen LogP contribution in [0.4, 0.5) is 11.5 Å². The molecule has 0 N–H and O–H groups in total. The molecule has 0 amide bonds. The Kier molecular flexibility index (Phi) is 5.12. The third-order valence-corrected chi connectivity index (χ3v) is 6.29. The number of aromatic nitrogens is 3. The molecule has 2 aromatic heterocycles. The number of piperazine rings is 1. The maximum Gasteiger partial charge on any atom is 0.250 e. The SMILES string of the molecule is Cn1cc(CN2CCN(c3ccc4ncnc(N5CCCC5)c4c3)CC2)ccc1=O. The minimum absolute atomic E-state index is 0.0390. The van der Waals surface area contributed by atoms with Gasteiger partial charge in [-0.1, -0.05) is 6.07 Å². The molecule has 0 unspecified atom stereocenters. The first-order chi connectivity index (χ1) is 14.7. The van der Waals surface area contributed by atoms with E-state index >= 15 is 0 Å². The van der Waals surface area contributed by atoms with Gasteiger partial charge >= 0.3 is 0 Å². The second-order valence-corrected chi connectivity index (χ2v) is 8.34. The highest BCUT2D eigenvalue weighted by atomic mass is 16.1. The Bertz CT molecular complexity index is 1100. The largest absolute Gasteiger partial charge is 0.369 e. The normalized spacial score (nSPS) is 17.8. The Morgan fingerprint density at radius 1 is 0.900 bits per heavy atom. The van der Waals surface area contributed by atoms with Gasteiger partial charge in [0.05, 0.1) is 5.52 Å². The molecule has 7 nitrogen and oxygen atoms in total. The lowest BCUT2D eigenvalue weighted by Gasteiger charge is -2.36. The predicted molar refractivity (Wildman–Crippen MR) is 120 cm³/mol. The van der Waals surface area contributed by atoms with Crippen molar-refractivity contribution in [3.05, 3.63) is 58.8 Å². The Morgan fingerprint density at radius 2 is 1.70 bits per heavy atom. The zero-order valence-electron chi connectivity index (χ0n) is 17.5. The average molecular weight is 405 g/mol. The fraction of sp³-hybridized carbons (Fsp3) is 0.435. The molecule has 30 heavy (non-hydrogen) atoms. The lowest BCUT2D eigenvalue weighted by atomic mass is 10.1. The first-order valence-corrected chi connectivity index (χ1v) is 10.8. The van der Waals surface area contributed by atoms with Crippen LogP contribution < -0.4 is 15.4 Å². The zero-order valence-corrected chi connectivity index (χ0v) is 17.5. The third kappa shape index (κ3) is 3.77. The van der Waals surface area contributed by atoms with E-state index in [1.54, 1.807) is 17.0 Å². The lowest BCUT2D eigenvalue weighted by Crippen LogP contribution is -2.46. The topological polar surface area (TPSA) is 57.5 Å².